The molecule has 0 spiro atoms. The van der Waals surface area contributed by atoms with Crippen molar-refractivity contribution in [3.8, 4) is 0 Å². The predicted molar refractivity (Wildman–Crippen MR) is 116 cm³/mol. The Balaban J connectivity index is 1.65. The fourth-order valence-corrected chi connectivity index (χ4v) is 4.73. The van der Waals surface area contributed by atoms with Crippen LogP contribution in [0.1, 0.15) is 24.2 Å². The molecule has 2 N–H and O–H groups in total. The minimum atomic E-state index is -3.71. The smallest absolute Gasteiger partial charge is 0.254 e. The van der Waals surface area contributed by atoms with Crippen LogP contribution in [0.2, 0.25) is 0 Å². The van der Waals surface area contributed by atoms with Crippen molar-refractivity contribution >= 4 is 39.1 Å². The van der Waals surface area contributed by atoms with E-state index in [1.807, 2.05) is 0 Å². The number of amides is 3. The fraction of sp³-hybridized carbons (Fsp3) is 0.286. The molecule has 9 nitrogen and oxygen atoms in total. The zero-order valence-corrected chi connectivity index (χ0v) is 18.1. The number of anilines is 2. The van der Waals surface area contributed by atoms with Gasteiger partial charge >= 0.3 is 0 Å². The normalized spacial score (nSPS) is 14.7. The standard InChI is InChI=1S/C21H24N4O5S/c1-15(26)22-18-6-8-20(9-7-18)31(29,30)25-12-10-24(11-13-25)21(28)17-4-3-5-19(14-17)23-16(2)27/h3-9,14H,10-13H2,1-2H3,(H,22,26)(H,23,27). The lowest BCUT2D eigenvalue weighted by Crippen LogP contribution is -2.50. The Morgan fingerprint density at radius 1 is 0.806 bits per heavy atom. The minimum Gasteiger partial charge on any atom is -0.336 e. The van der Waals surface area contributed by atoms with Gasteiger partial charge in [0.1, 0.15) is 0 Å². The lowest BCUT2D eigenvalue weighted by molar-refractivity contribution is -0.115. The van der Waals surface area contributed by atoms with Crippen molar-refractivity contribution in [1.29, 1.82) is 0 Å². The topological polar surface area (TPSA) is 116 Å². The van der Waals surface area contributed by atoms with Crippen LogP contribution in [0.4, 0.5) is 11.4 Å². The molecule has 2 aromatic rings. The third-order valence-electron chi connectivity index (χ3n) is 4.77. The maximum Gasteiger partial charge on any atom is 0.254 e. The van der Waals surface area contributed by atoms with E-state index in [1.165, 1.54) is 42.4 Å². The number of hydrogen-bond acceptors (Lipinski definition) is 5. The summed E-state index contributed by atoms with van der Waals surface area (Å²) in [4.78, 5) is 36.9. The molecule has 0 unspecified atom stereocenters. The molecule has 10 heteroatoms. The van der Waals surface area contributed by atoms with Gasteiger partial charge in [-0.2, -0.15) is 4.31 Å². The van der Waals surface area contributed by atoms with Gasteiger partial charge in [-0.25, -0.2) is 8.42 Å². The van der Waals surface area contributed by atoms with Crippen molar-refractivity contribution < 1.29 is 22.8 Å². The van der Waals surface area contributed by atoms with E-state index in [-0.39, 0.29) is 48.8 Å². The first-order valence-corrected chi connectivity index (χ1v) is 11.2. The molecule has 0 radical (unpaired) electrons. The molecule has 1 aliphatic rings. The van der Waals surface area contributed by atoms with E-state index >= 15 is 0 Å². The Bertz CT molecular complexity index is 1090. The molecule has 0 bridgehead atoms. The zero-order chi connectivity index (χ0) is 22.6. The third-order valence-corrected chi connectivity index (χ3v) is 6.68. The van der Waals surface area contributed by atoms with Gasteiger partial charge in [-0.15, -0.1) is 0 Å². The van der Waals surface area contributed by atoms with E-state index < -0.39 is 10.0 Å². The fourth-order valence-electron chi connectivity index (χ4n) is 3.31. The highest BCUT2D eigenvalue weighted by Gasteiger charge is 2.30. The summed E-state index contributed by atoms with van der Waals surface area (Å²) in [7, 11) is -3.71. The van der Waals surface area contributed by atoms with Gasteiger partial charge in [-0.1, -0.05) is 6.07 Å². The largest absolute Gasteiger partial charge is 0.336 e. The van der Waals surface area contributed by atoms with Gasteiger partial charge in [0.05, 0.1) is 4.90 Å². The Labute approximate surface area is 181 Å². The number of benzene rings is 2. The SMILES string of the molecule is CC(=O)Nc1ccc(S(=O)(=O)N2CCN(C(=O)c3cccc(NC(C)=O)c3)CC2)cc1. The average molecular weight is 445 g/mol. The highest BCUT2D eigenvalue weighted by atomic mass is 32.2. The van der Waals surface area contributed by atoms with Crippen LogP contribution >= 0.6 is 0 Å². The lowest BCUT2D eigenvalue weighted by Gasteiger charge is -2.34. The van der Waals surface area contributed by atoms with Crippen molar-refractivity contribution in [2.75, 3.05) is 36.8 Å². The first kappa shape index (κ1) is 22.4. The summed E-state index contributed by atoms with van der Waals surface area (Å²) in [5.41, 5.74) is 1.47. The van der Waals surface area contributed by atoms with Crippen molar-refractivity contribution in [2.45, 2.75) is 18.7 Å². The van der Waals surface area contributed by atoms with Crippen LogP contribution in [-0.4, -0.2) is 61.5 Å². The van der Waals surface area contributed by atoms with E-state index in [1.54, 1.807) is 29.2 Å². The maximum atomic E-state index is 12.9. The van der Waals surface area contributed by atoms with Gasteiger partial charge in [0, 0.05) is 57.0 Å². The summed E-state index contributed by atoms with van der Waals surface area (Å²) >= 11 is 0. The number of carbonyl (C=O) groups excluding carboxylic acids is 3. The highest BCUT2D eigenvalue weighted by molar-refractivity contribution is 7.89. The highest BCUT2D eigenvalue weighted by Crippen LogP contribution is 2.21. The Kier molecular flexibility index (Phi) is 6.71. The van der Waals surface area contributed by atoms with Crippen LogP contribution in [-0.2, 0) is 19.6 Å². The Morgan fingerprint density at radius 2 is 1.39 bits per heavy atom. The molecule has 2 aromatic carbocycles. The van der Waals surface area contributed by atoms with Gasteiger partial charge in [0.2, 0.25) is 21.8 Å². The molecule has 164 valence electrons. The quantitative estimate of drug-likeness (QED) is 0.729. The number of rotatable bonds is 5. The number of nitrogens with one attached hydrogen (secondary N) is 2. The molecule has 3 amide bonds. The van der Waals surface area contributed by atoms with Gasteiger partial charge in [0.25, 0.3) is 5.91 Å². The van der Waals surface area contributed by atoms with Crippen molar-refractivity contribution in [3.05, 3.63) is 54.1 Å². The molecule has 0 aliphatic carbocycles. The third kappa shape index (κ3) is 5.47. The lowest BCUT2D eigenvalue weighted by atomic mass is 10.1. The van der Waals surface area contributed by atoms with Crippen LogP contribution in [0, 0.1) is 0 Å². The Morgan fingerprint density at radius 3 is 1.97 bits per heavy atom. The molecule has 3 rings (SSSR count). The molecule has 0 aromatic heterocycles. The van der Waals surface area contributed by atoms with Crippen LogP contribution < -0.4 is 10.6 Å². The number of piperazine rings is 1. The second-order valence-corrected chi connectivity index (χ2v) is 9.10. The molecule has 0 saturated carbocycles. The summed E-state index contributed by atoms with van der Waals surface area (Å²) < 4.78 is 27.2. The molecule has 1 heterocycles. The van der Waals surface area contributed by atoms with Crippen molar-refractivity contribution in [1.82, 2.24) is 9.21 Å². The van der Waals surface area contributed by atoms with E-state index in [4.69, 9.17) is 0 Å². The van der Waals surface area contributed by atoms with Gasteiger partial charge in [-0.05, 0) is 42.5 Å². The van der Waals surface area contributed by atoms with Gasteiger partial charge in [0.15, 0.2) is 0 Å². The van der Waals surface area contributed by atoms with E-state index in [9.17, 15) is 22.8 Å². The first-order chi connectivity index (χ1) is 14.7. The monoisotopic (exact) mass is 444 g/mol. The molecule has 1 saturated heterocycles. The van der Waals surface area contributed by atoms with Gasteiger partial charge in [-0.3, -0.25) is 14.4 Å². The number of hydrogen-bond donors (Lipinski definition) is 2. The summed E-state index contributed by atoms with van der Waals surface area (Å²) in [6.45, 7) is 3.63. The van der Waals surface area contributed by atoms with E-state index in [2.05, 4.69) is 10.6 Å². The summed E-state index contributed by atoms with van der Waals surface area (Å²) in [5, 5.41) is 5.24. The maximum absolute atomic E-state index is 12.9. The molecular formula is C21H24N4O5S. The molecule has 0 atom stereocenters. The summed E-state index contributed by atoms with van der Waals surface area (Å²) in [5.74, 6) is -0.684. The minimum absolute atomic E-state index is 0.129. The summed E-state index contributed by atoms with van der Waals surface area (Å²) in [6, 6.07) is 12.6. The average Bonchev–Trinajstić information content (AvgIpc) is 2.73. The number of nitrogens with zero attached hydrogens (tertiary/aromatic N) is 2. The van der Waals surface area contributed by atoms with Crippen LogP contribution in [0.25, 0.3) is 0 Å². The Hall–Kier alpha value is -3.24. The number of sulfonamides is 1. The second kappa shape index (κ2) is 9.27. The molecule has 1 aliphatic heterocycles. The molecule has 1 fully saturated rings. The predicted octanol–water partition coefficient (Wildman–Crippen LogP) is 1.75. The first-order valence-electron chi connectivity index (χ1n) is 9.71. The van der Waals surface area contributed by atoms with Crippen LogP contribution in [0.5, 0.6) is 0 Å². The zero-order valence-electron chi connectivity index (χ0n) is 17.3. The molecule has 31 heavy (non-hydrogen) atoms. The molecular weight excluding hydrogens is 420 g/mol. The van der Waals surface area contributed by atoms with E-state index in [0.29, 0.717) is 16.9 Å². The second-order valence-electron chi connectivity index (χ2n) is 7.16. The summed E-state index contributed by atoms with van der Waals surface area (Å²) in [6.07, 6.45) is 0. The van der Waals surface area contributed by atoms with Crippen molar-refractivity contribution in [2.24, 2.45) is 0 Å². The van der Waals surface area contributed by atoms with Crippen molar-refractivity contribution in [3.63, 3.8) is 0 Å². The van der Waals surface area contributed by atoms with E-state index in [0.717, 1.165) is 0 Å². The van der Waals surface area contributed by atoms with Crippen LogP contribution in [0.3, 0.4) is 0 Å². The number of carbonyl (C=O) groups is 3. The van der Waals surface area contributed by atoms with Gasteiger partial charge < -0.3 is 15.5 Å². The van der Waals surface area contributed by atoms with Crippen LogP contribution in [0.15, 0.2) is 53.4 Å².